The Balaban J connectivity index is 1.54. The minimum Gasteiger partial charge on any atom is -0.352 e. The molecule has 0 radical (unpaired) electrons. The van der Waals surface area contributed by atoms with Crippen molar-refractivity contribution in [2.75, 3.05) is 31.1 Å². The van der Waals surface area contributed by atoms with E-state index in [1.54, 1.807) is 23.2 Å². The lowest BCUT2D eigenvalue weighted by atomic mass is 10.1. The number of urea groups is 1. The summed E-state index contributed by atoms with van der Waals surface area (Å²) < 4.78 is 0. The zero-order valence-corrected chi connectivity index (χ0v) is 13.0. The highest BCUT2D eigenvalue weighted by atomic mass is 35.5. The van der Waals surface area contributed by atoms with E-state index in [2.05, 4.69) is 15.6 Å². The predicted molar refractivity (Wildman–Crippen MR) is 83.1 cm³/mol. The average molecular weight is 338 g/mol. The van der Waals surface area contributed by atoms with Crippen molar-refractivity contribution in [3.8, 4) is 0 Å². The molecule has 2 aliphatic heterocycles. The van der Waals surface area contributed by atoms with E-state index in [1.165, 1.54) is 0 Å². The number of imide groups is 1. The minimum absolute atomic E-state index is 0.0259. The summed E-state index contributed by atoms with van der Waals surface area (Å²) in [7, 11) is 0. The van der Waals surface area contributed by atoms with Crippen LogP contribution in [0.1, 0.15) is 6.42 Å². The number of aromatic nitrogens is 1. The van der Waals surface area contributed by atoms with E-state index in [0.29, 0.717) is 37.0 Å². The quantitative estimate of drug-likeness (QED) is 0.756. The Hall–Kier alpha value is -2.35. The first-order valence-corrected chi connectivity index (χ1v) is 7.67. The lowest BCUT2D eigenvalue weighted by Gasteiger charge is -2.36. The lowest BCUT2D eigenvalue weighted by Crippen LogP contribution is -2.50. The van der Waals surface area contributed by atoms with E-state index >= 15 is 0 Å². The number of carbonyl (C=O) groups excluding carboxylic acids is 3. The number of piperazine rings is 1. The Labute approximate surface area is 137 Å². The van der Waals surface area contributed by atoms with Gasteiger partial charge < -0.3 is 15.1 Å². The van der Waals surface area contributed by atoms with Crippen molar-refractivity contribution >= 4 is 35.3 Å². The van der Waals surface area contributed by atoms with Crippen molar-refractivity contribution in [1.29, 1.82) is 0 Å². The summed E-state index contributed by atoms with van der Waals surface area (Å²) in [4.78, 5) is 42.8. The highest BCUT2D eigenvalue weighted by Gasteiger charge is 2.33. The molecule has 9 heteroatoms. The molecule has 8 nitrogen and oxygen atoms in total. The van der Waals surface area contributed by atoms with Crippen LogP contribution in [0, 0.1) is 0 Å². The Kier molecular flexibility index (Phi) is 4.33. The summed E-state index contributed by atoms with van der Waals surface area (Å²) in [5.41, 5.74) is 0. The average Bonchev–Trinajstić information content (AvgIpc) is 2.85. The van der Waals surface area contributed by atoms with Crippen LogP contribution in [0.4, 0.5) is 10.6 Å². The van der Waals surface area contributed by atoms with Gasteiger partial charge in [-0.25, -0.2) is 9.78 Å². The molecule has 4 amide bonds. The third-order valence-corrected chi connectivity index (χ3v) is 4.20. The highest BCUT2D eigenvalue weighted by Crippen LogP contribution is 2.23. The maximum absolute atomic E-state index is 12.3. The summed E-state index contributed by atoms with van der Waals surface area (Å²) in [5, 5.41) is 5.13. The van der Waals surface area contributed by atoms with E-state index in [4.69, 9.17) is 11.6 Å². The second-order valence-corrected chi connectivity index (χ2v) is 5.80. The summed E-state index contributed by atoms with van der Waals surface area (Å²) in [6, 6.07) is 2.22. The molecule has 1 atom stereocenters. The van der Waals surface area contributed by atoms with E-state index in [9.17, 15) is 14.4 Å². The van der Waals surface area contributed by atoms with Crippen molar-refractivity contribution < 1.29 is 14.4 Å². The molecule has 2 saturated heterocycles. The van der Waals surface area contributed by atoms with Crippen molar-refractivity contribution in [2.45, 2.75) is 12.5 Å². The van der Waals surface area contributed by atoms with Gasteiger partial charge in [0, 0.05) is 32.4 Å². The van der Waals surface area contributed by atoms with Crippen molar-refractivity contribution in [3.05, 3.63) is 23.4 Å². The number of anilines is 1. The molecule has 0 aromatic carbocycles. The molecule has 0 bridgehead atoms. The van der Waals surface area contributed by atoms with Crippen molar-refractivity contribution in [1.82, 2.24) is 20.5 Å². The zero-order valence-electron chi connectivity index (χ0n) is 12.3. The number of hydrogen-bond acceptors (Lipinski definition) is 5. The monoisotopic (exact) mass is 337 g/mol. The van der Waals surface area contributed by atoms with Crippen LogP contribution in [0.2, 0.25) is 5.02 Å². The van der Waals surface area contributed by atoms with Gasteiger partial charge in [-0.3, -0.25) is 14.9 Å². The number of pyridine rings is 1. The summed E-state index contributed by atoms with van der Waals surface area (Å²) in [6.45, 7) is 2.28. The SMILES string of the molecule is O=C1NC(=O)[C@H](CC(=O)N2CCN(c3ncccc3Cl)CC2)N1. The standard InChI is InChI=1S/C14H16ClN5O3/c15-9-2-1-3-16-12(9)20-6-4-19(5-7-20)11(21)8-10-13(22)18-14(23)17-10/h1-3,10H,4-8H2,(H2,17,18,22,23)/t10-/m0/s1. The smallest absolute Gasteiger partial charge is 0.322 e. The lowest BCUT2D eigenvalue weighted by molar-refractivity contribution is -0.134. The van der Waals surface area contributed by atoms with Gasteiger partial charge in [-0.2, -0.15) is 0 Å². The zero-order chi connectivity index (χ0) is 16.4. The fourth-order valence-electron chi connectivity index (χ4n) is 2.68. The maximum Gasteiger partial charge on any atom is 0.322 e. The third-order valence-electron chi connectivity index (χ3n) is 3.91. The molecule has 3 rings (SSSR count). The Morgan fingerprint density at radius 3 is 2.65 bits per heavy atom. The molecule has 2 aliphatic rings. The molecule has 3 heterocycles. The van der Waals surface area contributed by atoms with Gasteiger partial charge in [0.1, 0.15) is 11.9 Å². The van der Waals surface area contributed by atoms with E-state index < -0.39 is 18.0 Å². The molecule has 1 aromatic rings. The molecule has 1 aromatic heterocycles. The number of hydrogen-bond donors (Lipinski definition) is 2. The van der Waals surface area contributed by atoms with Crippen LogP contribution in [-0.4, -0.2) is 60.0 Å². The second-order valence-electron chi connectivity index (χ2n) is 5.40. The van der Waals surface area contributed by atoms with Crippen molar-refractivity contribution in [2.24, 2.45) is 0 Å². The molecule has 0 spiro atoms. The molecule has 2 fully saturated rings. The van der Waals surface area contributed by atoms with Crippen LogP contribution in [0.3, 0.4) is 0 Å². The molecule has 122 valence electrons. The van der Waals surface area contributed by atoms with E-state index in [-0.39, 0.29) is 12.3 Å². The number of carbonyl (C=O) groups is 3. The Bertz CT molecular complexity index is 645. The molecular formula is C14H16ClN5O3. The van der Waals surface area contributed by atoms with Gasteiger partial charge in [0.15, 0.2) is 0 Å². The molecule has 0 saturated carbocycles. The molecule has 0 unspecified atom stereocenters. The highest BCUT2D eigenvalue weighted by molar-refractivity contribution is 6.32. The molecule has 0 aliphatic carbocycles. The molecular weight excluding hydrogens is 322 g/mol. The van der Waals surface area contributed by atoms with Gasteiger partial charge in [0.05, 0.1) is 11.4 Å². The first-order chi connectivity index (χ1) is 11.0. The summed E-state index contributed by atoms with van der Waals surface area (Å²) >= 11 is 6.13. The van der Waals surface area contributed by atoms with E-state index in [0.717, 1.165) is 0 Å². The van der Waals surface area contributed by atoms with Crippen LogP contribution in [0.5, 0.6) is 0 Å². The number of rotatable bonds is 3. The fraction of sp³-hybridized carbons (Fsp3) is 0.429. The normalized spacial score (nSPS) is 21.2. The topological polar surface area (TPSA) is 94.6 Å². The Morgan fingerprint density at radius 1 is 1.30 bits per heavy atom. The van der Waals surface area contributed by atoms with Crippen LogP contribution in [-0.2, 0) is 9.59 Å². The Morgan fingerprint density at radius 2 is 2.04 bits per heavy atom. The van der Waals surface area contributed by atoms with Crippen LogP contribution >= 0.6 is 11.6 Å². The van der Waals surface area contributed by atoms with Gasteiger partial charge in [0.25, 0.3) is 5.91 Å². The fourth-order valence-corrected chi connectivity index (χ4v) is 2.93. The number of amides is 4. The van der Waals surface area contributed by atoms with Gasteiger partial charge in [-0.1, -0.05) is 11.6 Å². The largest absolute Gasteiger partial charge is 0.352 e. The molecule has 23 heavy (non-hydrogen) atoms. The second kappa shape index (κ2) is 6.41. The van der Waals surface area contributed by atoms with E-state index in [1.807, 2.05) is 4.90 Å². The van der Waals surface area contributed by atoms with Gasteiger partial charge in [-0.05, 0) is 12.1 Å². The molecule has 2 N–H and O–H groups in total. The van der Waals surface area contributed by atoms with Gasteiger partial charge in [-0.15, -0.1) is 0 Å². The van der Waals surface area contributed by atoms with Crippen LogP contribution < -0.4 is 15.5 Å². The third kappa shape index (κ3) is 3.37. The number of halogens is 1. The first-order valence-electron chi connectivity index (χ1n) is 7.29. The maximum atomic E-state index is 12.3. The number of nitrogens with one attached hydrogen (secondary N) is 2. The predicted octanol–water partition coefficient (Wildman–Crippen LogP) is -0.0183. The minimum atomic E-state index is -0.779. The number of nitrogens with zero attached hydrogens (tertiary/aromatic N) is 3. The van der Waals surface area contributed by atoms with Crippen molar-refractivity contribution in [3.63, 3.8) is 0 Å². The van der Waals surface area contributed by atoms with Crippen LogP contribution in [0.15, 0.2) is 18.3 Å². The van der Waals surface area contributed by atoms with Gasteiger partial charge >= 0.3 is 6.03 Å². The van der Waals surface area contributed by atoms with Gasteiger partial charge in [0.2, 0.25) is 5.91 Å². The summed E-state index contributed by atoms with van der Waals surface area (Å²) in [5.74, 6) is 0.102. The van der Waals surface area contributed by atoms with Crippen LogP contribution in [0.25, 0.3) is 0 Å². The first kappa shape index (κ1) is 15.5. The summed E-state index contributed by atoms with van der Waals surface area (Å²) in [6.07, 6.45) is 1.65.